The highest BCUT2D eigenvalue weighted by atomic mass is 35.5. The summed E-state index contributed by atoms with van der Waals surface area (Å²) in [6.07, 6.45) is 3.78. The standard InChI is InChI=1S/C13H26ClN3O2S/c1-12-11-15(2)7-5-9-16(12)20(18,19)17-8-4-3-6-13(17)10-14/h12-13H,3-11H2,1-2H3. The van der Waals surface area contributed by atoms with E-state index in [1.807, 2.05) is 6.92 Å². The zero-order chi connectivity index (χ0) is 14.8. The van der Waals surface area contributed by atoms with E-state index in [0.29, 0.717) is 19.0 Å². The maximum absolute atomic E-state index is 13.0. The van der Waals surface area contributed by atoms with Crippen LogP contribution in [0.3, 0.4) is 0 Å². The van der Waals surface area contributed by atoms with Crippen LogP contribution in [0.15, 0.2) is 0 Å². The predicted octanol–water partition coefficient (Wildman–Crippen LogP) is 1.35. The third-order valence-corrected chi connectivity index (χ3v) is 6.89. The zero-order valence-electron chi connectivity index (χ0n) is 12.5. The summed E-state index contributed by atoms with van der Waals surface area (Å²) in [5, 5.41) is 0. The minimum atomic E-state index is -3.39. The molecule has 0 bridgehead atoms. The molecule has 0 amide bonds. The lowest BCUT2D eigenvalue weighted by atomic mass is 10.1. The van der Waals surface area contributed by atoms with Gasteiger partial charge >= 0.3 is 0 Å². The van der Waals surface area contributed by atoms with Crippen molar-refractivity contribution in [1.29, 1.82) is 0 Å². The second kappa shape index (κ2) is 6.92. The summed E-state index contributed by atoms with van der Waals surface area (Å²) >= 11 is 5.98. The highest BCUT2D eigenvalue weighted by Gasteiger charge is 2.38. The van der Waals surface area contributed by atoms with Gasteiger partial charge in [-0.3, -0.25) is 0 Å². The first kappa shape index (κ1) is 16.5. The molecule has 2 aliphatic heterocycles. The second-order valence-electron chi connectivity index (χ2n) is 6.00. The first-order valence-corrected chi connectivity index (χ1v) is 9.43. The largest absolute Gasteiger partial charge is 0.305 e. The molecule has 2 atom stereocenters. The van der Waals surface area contributed by atoms with Gasteiger partial charge in [0.25, 0.3) is 10.2 Å². The van der Waals surface area contributed by atoms with E-state index in [-0.39, 0.29) is 12.1 Å². The van der Waals surface area contributed by atoms with E-state index in [1.54, 1.807) is 8.61 Å². The molecule has 0 aromatic heterocycles. The fourth-order valence-electron chi connectivity index (χ4n) is 3.26. The summed E-state index contributed by atoms with van der Waals surface area (Å²) in [4.78, 5) is 2.20. The smallest absolute Gasteiger partial charge is 0.282 e. The number of rotatable bonds is 3. The summed E-state index contributed by atoms with van der Waals surface area (Å²) in [6.45, 7) is 4.96. The van der Waals surface area contributed by atoms with Crippen molar-refractivity contribution in [2.45, 2.75) is 44.7 Å². The third kappa shape index (κ3) is 3.47. The molecular formula is C13H26ClN3O2S. The highest BCUT2D eigenvalue weighted by molar-refractivity contribution is 7.86. The van der Waals surface area contributed by atoms with E-state index in [9.17, 15) is 8.42 Å². The van der Waals surface area contributed by atoms with E-state index in [2.05, 4.69) is 11.9 Å². The molecule has 2 heterocycles. The lowest BCUT2D eigenvalue weighted by molar-refractivity contribution is 0.228. The van der Waals surface area contributed by atoms with E-state index >= 15 is 0 Å². The van der Waals surface area contributed by atoms with Crippen LogP contribution in [0.5, 0.6) is 0 Å². The average molecular weight is 324 g/mol. The lowest BCUT2D eigenvalue weighted by Crippen LogP contribution is -2.54. The second-order valence-corrected chi connectivity index (χ2v) is 8.14. The molecule has 5 nitrogen and oxygen atoms in total. The van der Waals surface area contributed by atoms with Crippen molar-refractivity contribution in [3.05, 3.63) is 0 Å². The van der Waals surface area contributed by atoms with Crippen LogP contribution in [0.25, 0.3) is 0 Å². The zero-order valence-corrected chi connectivity index (χ0v) is 14.0. The molecule has 0 spiro atoms. The Balaban J connectivity index is 2.19. The van der Waals surface area contributed by atoms with Crippen LogP contribution < -0.4 is 0 Å². The Morgan fingerprint density at radius 2 is 1.80 bits per heavy atom. The van der Waals surface area contributed by atoms with Gasteiger partial charge in [-0.2, -0.15) is 17.0 Å². The molecule has 2 aliphatic rings. The van der Waals surface area contributed by atoms with Crippen LogP contribution in [-0.2, 0) is 10.2 Å². The summed E-state index contributed by atoms with van der Waals surface area (Å²) < 4.78 is 29.2. The molecule has 2 unspecified atom stereocenters. The van der Waals surface area contributed by atoms with Crippen molar-refractivity contribution >= 4 is 21.8 Å². The van der Waals surface area contributed by atoms with Gasteiger partial charge in [0.15, 0.2) is 0 Å². The Kier molecular flexibility index (Phi) is 5.71. The van der Waals surface area contributed by atoms with Gasteiger partial charge in [-0.1, -0.05) is 6.42 Å². The Labute approximate surface area is 128 Å². The van der Waals surface area contributed by atoms with Crippen molar-refractivity contribution in [2.24, 2.45) is 0 Å². The minimum Gasteiger partial charge on any atom is -0.305 e. The van der Waals surface area contributed by atoms with Gasteiger partial charge in [0.2, 0.25) is 0 Å². The number of piperidine rings is 1. The minimum absolute atomic E-state index is 0.0189. The third-order valence-electron chi connectivity index (χ3n) is 4.33. The summed E-state index contributed by atoms with van der Waals surface area (Å²) in [6, 6.07) is -0.0194. The molecule has 7 heteroatoms. The molecular weight excluding hydrogens is 298 g/mol. The molecule has 0 saturated carbocycles. The Morgan fingerprint density at radius 3 is 2.50 bits per heavy atom. The summed E-state index contributed by atoms with van der Waals surface area (Å²) in [7, 11) is -1.34. The van der Waals surface area contributed by atoms with Crippen LogP contribution in [0.1, 0.15) is 32.6 Å². The predicted molar refractivity (Wildman–Crippen MR) is 82.3 cm³/mol. The highest BCUT2D eigenvalue weighted by Crippen LogP contribution is 2.25. The van der Waals surface area contributed by atoms with Crippen molar-refractivity contribution in [3.63, 3.8) is 0 Å². The maximum atomic E-state index is 13.0. The fraction of sp³-hybridized carbons (Fsp3) is 1.00. The first-order chi connectivity index (χ1) is 9.46. The van der Waals surface area contributed by atoms with E-state index < -0.39 is 10.2 Å². The summed E-state index contributed by atoms with van der Waals surface area (Å²) in [5.41, 5.74) is 0. The van der Waals surface area contributed by atoms with Crippen molar-refractivity contribution in [1.82, 2.24) is 13.5 Å². The molecule has 0 aromatic rings. The van der Waals surface area contributed by atoms with Crippen molar-refractivity contribution in [3.8, 4) is 0 Å². The summed E-state index contributed by atoms with van der Waals surface area (Å²) in [5.74, 6) is 0.390. The van der Waals surface area contributed by atoms with Gasteiger partial charge < -0.3 is 4.90 Å². The SMILES string of the molecule is CC1CN(C)CCCN1S(=O)(=O)N1CCCCC1CCl. The molecule has 0 N–H and O–H groups in total. The van der Waals surface area contributed by atoms with Gasteiger partial charge in [-0.15, -0.1) is 11.6 Å². The quantitative estimate of drug-likeness (QED) is 0.736. The number of nitrogens with zero attached hydrogens (tertiary/aromatic N) is 3. The Hall–Kier alpha value is 0.120. The number of hydrogen-bond acceptors (Lipinski definition) is 3. The number of halogens is 1. The molecule has 2 rings (SSSR count). The van der Waals surface area contributed by atoms with E-state index in [4.69, 9.17) is 11.6 Å². The molecule has 0 aliphatic carbocycles. The van der Waals surface area contributed by atoms with Crippen molar-refractivity contribution < 1.29 is 8.42 Å². The average Bonchev–Trinajstić information content (AvgIpc) is 2.59. The monoisotopic (exact) mass is 323 g/mol. The number of likely N-dealkylation sites (N-methyl/N-ethyl adjacent to an activating group) is 1. The topological polar surface area (TPSA) is 43.9 Å². The first-order valence-electron chi connectivity index (χ1n) is 7.50. The van der Waals surface area contributed by atoms with Crippen LogP contribution in [-0.4, -0.2) is 73.1 Å². The fourth-order valence-corrected chi connectivity index (χ4v) is 5.73. The Bertz CT molecular complexity index is 418. The molecule has 20 heavy (non-hydrogen) atoms. The van der Waals surface area contributed by atoms with Gasteiger partial charge in [0.05, 0.1) is 0 Å². The van der Waals surface area contributed by atoms with Gasteiger partial charge in [0, 0.05) is 37.6 Å². The molecule has 2 fully saturated rings. The van der Waals surface area contributed by atoms with Crippen LogP contribution in [0.4, 0.5) is 0 Å². The van der Waals surface area contributed by atoms with Gasteiger partial charge in [-0.05, 0) is 39.8 Å². The molecule has 0 radical (unpaired) electrons. The van der Waals surface area contributed by atoms with Crippen LogP contribution in [0.2, 0.25) is 0 Å². The number of alkyl halides is 1. The maximum Gasteiger partial charge on any atom is 0.282 e. The van der Waals surface area contributed by atoms with Gasteiger partial charge in [-0.25, -0.2) is 0 Å². The van der Waals surface area contributed by atoms with Crippen LogP contribution >= 0.6 is 11.6 Å². The normalized spacial score (nSPS) is 32.1. The van der Waals surface area contributed by atoms with Crippen molar-refractivity contribution in [2.75, 3.05) is 39.1 Å². The molecule has 0 aromatic carbocycles. The van der Waals surface area contributed by atoms with Gasteiger partial charge in [0.1, 0.15) is 0 Å². The number of hydrogen-bond donors (Lipinski definition) is 0. The van der Waals surface area contributed by atoms with Crippen LogP contribution in [0, 0.1) is 0 Å². The van der Waals surface area contributed by atoms with E-state index in [1.165, 1.54) is 0 Å². The lowest BCUT2D eigenvalue weighted by Gasteiger charge is -2.38. The van der Waals surface area contributed by atoms with E-state index in [0.717, 1.165) is 38.8 Å². The Morgan fingerprint density at radius 1 is 1.10 bits per heavy atom. The molecule has 118 valence electrons. The molecule has 2 saturated heterocycles.